The first kappa shape index (κ1) is 13.9. The van der Waals surface area contributed by atoms with Gasteiger partial charge in [0.1, 0.15) is 5.75 Å². The first-order valence-electron chi connectivity index (χ1n) is 6.32. The molecule has 0 bridgehead atoms. The highest BCUT2D eigenvalue weighted by atomic mass is 16.5. The Bertz CT molecular complexity index is 581. The summed E-state index contributed by atoms with van der Waals surface area (Å²) in [4.78, 5) is 12.2. The lowest BCUT2D eigenvalue weighted by atomic mass is 10.1. The van der Waals surface area contributed by atoms with Crippen molar-refractivity contribution in [2.24, 2.45) is 0 Å². The van der Waals surface area contributed by atoms with Gasteiger partial charge in [-0.1, -0.05) is 6.07 Å². The Balaban J connectivity index is 2.04. The smallest absolute Gasteiger partial charge is 0.253 e. The van der Waals surface area contributed by atoms with Crippen molar-refractivity contribution in [3.05, 3.63) is 42.2 Å². The second-order valence-corrected chi connectivity index (χ2v) is 4.52. The number of carbonyl (C=O) groups excluding carboxylic acids is 1. The van der Waals surface area contributed by atoms with E-state index in [1.54, 1.807) is 29.1 Å². The van der Waals surface area contributed by atoms with Crippen LogP contribution in [0.1, 0.15) is 17.3 Å². The van der Waals surface area contributed by atoms with Crippen LogP contribution in [-0.2, 0) is 6.54 Å². The number of nitrogen functional groups attached to an aromatic ring is 1. The molecule has 0 aliphatic rings. The zero-order valence-electron chi connectivity index (χ0n) is 11.5. The molecule has 1 amide bonds. The molecule has 1 aromatic carbocycles. The van der Waals surface area contributed by atoms with E-state index >= 15 is 0 Å². The van der Waals surface area contributed by atoms with Gasteiger partial charge in [-0.3, -0.25) is 9.48 Å². The molecular formula is C14H18N4O2. The van der Waals surface area contributed by atoms with Crippen LogP contribution in [0.15, 0.2) is 36.7 Å². The largest absolute Gasteiger partial charge is 0.495 e. The summed E-state index contributed by atoms with van der Waals surface area (Å²) in [5.41, 5.74) is 6.66. The van der Waals surface area contributed by atoms with E-state index in [0.29, 0.717) is 23.5 Å². The van der Waals surface area contributed by atoms with E-state index in [4.69, 9.17) is 10.5 Å². The van der Waals surface area contributed by atoms with Crippen LogP contribution in [-0.4, -0.2) is 28.8 Å². The molecule has 20 heavy (non-hydrogen) atoms. The minimum absolute atomic E-state index is 0.0620. The fourth-order valence-corrected chi connectivity index (χ4v) is 1.96. The first-order valence-corrected chi connectivity index (χ1v) is 6.32. The Morgan fingerprint density at radius 1 is 1.50 bits per heavy atom. The molecule has 1 aromatic heterocycles. The quantitative estimate of drug-likeness (QED) is 0.805. The van der Waals surface area contributed by atoms with Gasteiger partial charge < -0.3 is 15.8 Å². The molecule has 0 aliphatic carbocycles. The zero-order valence-corrected chi connectivity index (χ0v) is 11.5. The molecule has 6 nitrogen and oxygen atoms in total. The lowest BCUT2D eigenvalue weighted by molar-refractivity contribution is 0.0936. The molecule has 0 spiro atoms. The number of aromatic nitrogens is 2. The molecule has 0 radical (unpaired) electrons. The van der Waals surface area contributed by atoms with Crippen molar-refractivity contribution in [3.8, 4) is 5.75 Å². The van der Waals surface area contributed by atoms with Crippen LogP contribution < -0.4 is 15.8 Å². The second-order valence-electron chi connectivity index (χ2n) is 4.52. The van der Waals surface area contributed by atoms with Gasteiger partial charge in [0.15, 0.2) is 0 Å². The van der Waals surface area contributed by atoms with E-state index in [2.05, 4.69) is 10.4 Å². The average molecular weight is 274 g/mol. The minimum Gasteiger partial charge on any atom is -0.495 e. The van der Waals surface area contributed by atoms with Crippen LogP contribution in [0.25, 0.3) is 0 Å². The van der Waals surface area contributed by atoms with E-state index in [-0.39, 0.29) is 11.9 Å². The summed E-state index contributed by atoms with van der Waals surface area (Å²) in [5, 5.41) is 6.99. The number of nitrogens with two attached hydrogens (primary N) is 1. The Morgan fingerprint density at radius 3 is 2.95 bits per heavy atom. The maximum Gasteiger partial charge on any atom is 0.253 e. The number of benzene rings is 1. The summed E-state index contributed by atoms with van der Waals surface area (Å²) in [6, 6.07) is 6.91. The Morgan fingerprint density at radius 2 is 2.30 bits per heavy atom. The standard InChI is InChI=1S/C14H18N4O2/c1-10(9-18-8-4-7-16-18)17-14(19)11-5-3-6-12(20-2)13(11)15/h3-8,10H,9,15H2,1-2H3,(H,17,19). The van der Waals surface area contributed by atoms with Crippen molar-refractivity contribution in [2.75, 3.05) is 12.8 Å². The number of para-hydroxylation sites is 1. The van der Waals surface area contributed by atoms with Gasteiger partial charge in [-0.2, -0.15) is 5.10 Å². The molecule has 0 saturated carbocycles. The number of carbonyl (C=O) groups is 1. The minimum atomic E-state index is -0.221. The molecule has 1 unspecified atom stereocenters. The van der Waals surface area contributed by atoms with Crippen molar-refractivity contribution < 1.29 is 9.53 Å². The number of ether oxygens (including phenoxy) is 1. The van der Waals surface area contributed by atoms with Crippen molar-refractivity contribution in [1.82, 2.24) is 15.1 Å². The molecule has 1 atom stereocenters. The van der Waals surface area contributed by atoms with Crippen molar-refractivity contribution in [1.29, 1.82) is 0 Å². The number of nitrogens with zero attached hydrogens (tertiary/aromatic N) is 2. The fraction of sp³-hybridized carbons (Fsp3) is 0.286. The Kier molecular flexibility index (Phi) is 4.24. The molecule has 6 heteroatoms. The normalized spacial score (nSPS) is 11.9. The summed E-state index contributed by atoms with van der Waals surface area (Å²) in [6.45, 7) is 2.51. The summed E-state index contributed by atoms with van der Waals surface area (Å²) >= 11 is 0. The third-order valence-electron chi connectivity index (χ3n) is 2.93. The maximum atomic E-state index is 12.2. The molecule has 1 heterocycles. The van der Waals surface area contributed by atoms with Gasteiger partial charge in [0.25, 0.3) is 5.91 Å². The van der Waals surface area contributed by atoms with Crippen LogP contribution in [0.5, 0.6) is 5.75 Å². The van der Waals surface area contributed by atoms with Gasteiger partial charge in [0.05, 0.1) is 24.9 Å². The number of hydrogen-bond donors (Lipinski definition) is 2. The van der Waals surface area contributed by atoms with Crippen molar-refractivity contribution in [3.63, 3.8) is 0 Å². The molecule has 0 fully saturated rings. The highest BCUT2D eigenvalue weighted by molar-refractivity contribution is 6.00. The predicted molar refractivity (Wildman–Crippen MR) is 76.6 cm³/mol. The third kappa shape index (κ3) is 3.09. The number of anilines is 1. The van der Waals surface area contributed by atoms with Crippen LogP contribution in [0.3, 0.4) is 0 Å². The van der Waals surface area contributed by atoms with E-state index < -0.39 is 0 Å². The lowest BCUT2D eigenvalue weighted by Gasteiger charge is -2.15. The van der Waals surface area contributed by atoms with Gasteiger partial charge in [0.2, 0.25) is 0 Å². The van der Waals surface area contributed by atoms with E-state index in [1.165, 1.54) is 7.11 Å². The number of methoxy groups -OCH3 is 1. The van der Waals surface area contributed by atoms with Gasteiger partial charge in [-0.25, -0.2) is 0 Å². The van der Waals surface area contributed by atoms with Crippen molar-refractivity contribution in [2.45, 2.75) is 19.5 Å². The van der Waals surface area contributed by atoms with Gasteiger partial charge >= 0.3 is 0 Å². The predicted octanol–water partition coefficient (Wildman–Crippen LogP) is 1.29. The second kappa shape index (κ2) is 6.10. The van der Waals surface area contributed by atoms with E-state index in [0.717, 1.165) is 0 Å². The van der Waals surface area contributed by atoms with E-state index in [1.807, 2.05) is 19.2 Å². The van der Waals surface area contributed by atoms with Gasteiger partial charge in [-0.15, -0.1) is 0 Å². The van der Waals surface area contributed by atoms with Crippen LogP contribution in [0.4, 0.5) is 5.69 Å². The topological polar surface area (TPSA) is 82.2 Å². The lowest BCUT2D eigenvalue weighted by Crippen LogP contribution is -2.36. The average Bonchev–Trinajstić information content (AvgIpc) is 2.91. The van der Waals surface area contributed by atoms with E-state index in [9.17, 15) is 4.79 Å². The van der Waals surface area contributed by atoms with Crippen LogP contribution in [0, 0.1) is 0 Å². The number of hydrogen-bond acceptors (Lipinski definition) is 4. The highest BCUT2D eigenvalue weighted by Crippen LogP contribution is 2.24. The zero-order chi connectivity index (χ0) is 14.5. The summed E-state index contributed by atoms with van der Waals surface area (Å²) < 4.78 is 6.87. The summed E-state index contributed by atoms with van der Waals surface area (Å²) in [5.74, 6) is 0.276. The Hall–Kier alpha value is -2.50. The van der Waals surface area contributed by atoms with Gasteiger partial charge in [0, 0.05) is 18.4 Å². The number of amides is 1. The first-order chi connectivity index (χ1) is 9.61. The molecule has 2 aromatic rings. The van der Waals surface area contributed by atoms with Crippen molar-refractivity contribution >= 4 is 11.6 Å². The molecule has 0 saturated heterocycles. The number of nitrogens with one attached hydrogen (secondary N) is 1. The highest BCUT2D eigenvalue weighted by Gasteiger charge is 2.15. The van der Waals surface area contributed by atoms with Crippen LogP contribution in [0.2, 0.25) is 0 Å². The molecular weight excluding hydrogens is 256 g/mol. The summed E-state index contributed by atoms with van der Waals surface area (Å²) in [6.07, 6.45) is 3.55. The molecule has 3 N–H and O–H groups in total. The summed E-state index contributed by atoms with van der Waals surface area (Å²) in [7, 11) is 1.52. The fourth-order valence-electron chi connectivity index (χ4n) is 1.96. The molecule has 2 rings (SSSR count). The molecule has 106 valence electrons. The Labute approximate surface area is 117 Å². The SMILES string of the molecule is COc1cccc(C(=O)NC(C)Cn2cccn2)c1N. The third-order valence-corrected chi connectivity index (χ3v) is 2.93. The van der Waals surface area contributed by atoms with Gasteiger partial charge in [-0.05, 0) is 25.1 Å². The maximum absolute atomic E-state index is 12.2. The van der Waals surface area contributed by atoms with Crippen LogP contribution >= 0.6 is 0 Å². The monoisotopic (exact) mass is 274 g/mol. The number of rotatable bonds is 5. The molecule has 0 aliphatic heterocycles.